The van der Waals surface area contributed by atoms with Gasteiger partial charge in [0.05, 0.1) is 6.04 Å². The van der Waals surface area contributed by atoms with Gasteiger partial charge in [-0.3, -0.25) is 0 Å². The Balaban J connectivity index is 2.04. The number of nitrogens with one attached hydrogen (secondary N) is 3. The van der Waals surface area contributed by atoms with Crippen LogP contribution in [0.1, 0.15) is 11.7 Å². The van der Waals surface area contributed by atoms with E-state index in [0.717, 1.165) is 19.6 Å². The third kappa shape index (κ3) is 1.44. The zero-order valence-electron chi connectivity index (χ0n) is 6.43. The molecule has 1 aromatic rings. The van der Waals surface area contributed by atoms with E-state index in [2.05, 4.69) is 21.7 Å². The van der Waals surface area contributed by atoms with Crippen molar-refractivity contribution in [3.8, 4) is 0 Å². The van der Waals surface area contributed by atoms with E-state index in [-0.39, 0.29) is 0 Å². The summed E-state index contributed by atoms with van der Waals surface area (Å²) in [6.07, 6.45) is 1.96. The minimum Gasteiger partial charge on any atom is -0.364 e. The molecule has 3 heteroatoms. The van der Waals surface area contributed by atoms with Gasteiger partial charge in [0.1, 0.15) is 0 Å². The molecule has 3 N–H and O–H groups in total. The Morgan fingerprint density at radius 1 is 1.36 bits per heavy atom. The Kier molecular flexibility index (Phi) is 1.92. The molecule has 3 nitrogen and oxygen atoms in total. The second-order valence-electron chi connectivity index (χ2n) is 2.84. The van der Waals surface area contributed by atoms with Crippen molar-refractivity contribution in [2.75, 3.05) is 19.6 Å². The van der Waals surface area contributed by atoms with Gasteiger partial charge < -0.3 is 15.6 Å². The summed E-state index contributed by atoms with van der Waals surface area (Å²) in [7, 11) is 0. The van der Waals surface area contributed by atoms with Crippen LogP contribution in [-0.2, 0) is 0 Å². The lowest BCUT2D eigenvalue weighted by Crippen LogP contribution is -2.42. The Morgan fingerprint density at radius 2 is 2.36 bits per heavy atom. The SMILES string of the molecule is c1c[nH]c(C2CNCCN2)c1. The zero-order valence-corrected chi connectivity index (χ0v) is 6.43. The van der Waals surface area contributed by atoms with E-state index in [4.69, 9.17) is 0 Å². The predicted molar refractivity (Wildman–Crippen MR) is 44.4 cm³/mol. The van der Waals surface area contributed by atoms with Gasteiger partial charge in [0.15, 0.2) is 0 Å². The van der Waals surface area contributed by atoms with Crippen molar-refractivity contribution in [3.63, 3.8) is 0 Å². The summed E-state index contributed by atoms with van der Waals surface area (Å²) in [6.45, 7) is 3.17. The molecule has 0 aliphatic carbocycles. The van der Waals surface area contributed by atoms with Crippen LogP contribution in [0.25, 0.3) is 0 Å². The number of aromatic nitrogens is 1. The highest BCUT2D eigenvalue weighted by molar-refractivity contribution is 5.10. The summed E-state index contributed by atoms with van der Waals surface area (Å²) in [5, 5.41) is 6.77. The fourth-order valence-electron chi connectivity index (χ4n) is 1.43. The van der Waals surface area contributed by atoms with Gasteiger partial charge in [-0.2, -0.15) is 0 Å². The molecule has 0 bridgehead atoms. The van der Waals surface area contributed by atoms with Gasteiger partial charge in [-0.05, 0) is 12.1 Å². The zero-order chi connectivity index (χ0) is 7.52. The summed E-state index contributed by atoms with van der Waals surface area (Å²) in [5.74, 6) is 0. The van der Waals surface area contributed by atoms with Crippen LogP contribution in [-0.4, -0.2) is 24.6 Å². The predicted octanol–water partition coefficient (Wildman–Crippen LogP) is 0.249. The van der Waals surface area contributed by atoms with Gasteiger partial charge in [0.25, 0.3) is 0 Å². The maximum Gasteiger partial charge on any atom is 0.0599 e. The molecule has 0 aromatic carbocycles. The quantitative estimate of drug-likeness (QED) is 0.538. The summed E-state index contributed by atoms with van der Waals surface area (Å²) in [4.78, 5) is 3.20. The summed E-state index contributed by atoms with van der Waals surface area (Å²) in [5.41, 5.74) is 1.28. The van der Waals surface area contributed by atoms with E-state index < -0.39 is 0 Å². The molecule has 0 radical (unpaired) electrons. The molecule has 1 unspecified atom stereocenters. The maximum absolute atomic E-state index is 3.43. The fraction of sp³-hybridized carbons (Fsp3) is 0.500. The average Bonchev–Trinajstić information content (AvgIpc) is 2.58. The Bertz CT molecular complexity index is 199. The average molecular weight is 151 g/mol. The smallest absolute Gasteiger partial charge is 0.0599 e. The van der Waals surface area contributed by atoms with Crippen molar-refractivity contribution in [1.29, 1.82) is 0 Å². The van der Waals surface area contributed by atoms with Crippen LogP contribution < -0.4 is 10.6 Å². The van der Waals surface area contributed by atoms with E-state index in [1.54, 1.807) is 0 Å². The lowest BCUT2D eigenvalue weighted by Gasteiger charge is -2.23. The lowest BCUT2D eigenvalue weighted by molar-refractivity contribution is 0.424. The Hall–Kier alpha value is -0.800. The lowest BCUT2D eigenvalue weighted by atomic mass is 10.2. The summed E-state index contributed by atoms with van der Waals surface area (Å²) >= 11 is 0. The van der Waals surface area contributed by atoms with Crippen molar-refractivity contribution in [3.05, 3.63) is 24.0 Å². The monoisotopic (exact) mass is 151 g/mol. The standard InChI is InChI=1S/C8H13N3/c1-2-7(10-3-1)8-6-9-4-5-11-8/h1-3,8-11H,4-6H2. The molecule has 0 saturated carbocycles. The van der Waals surface area contributed by atoms with Gasteiger partial charge in [-0.25, -0.2) is 0 Å². The van der Waals surface area contributed by atoms with E-state index in [1.807, 2.05) is 12.3 Å². The first-order valence-electron chi connectivity index (χ1n) is 4.04. The van der Waals surface area contributed by atoms with Crippen LogP contribution in [0.2, 0.25) is 0 Å². The van der Waals surface area contributed by atoms with Crippen molar-refractivity contribution >= 4 is 0 Å². The maximum atomic E-state index is 3.43. The molecule has 0 spiro atoms. The number of aromatic amines is 1. The van der Waals surface area contributed by atoms with E-state index >= 15 is 0 Å². The fourth-order valence-corrected chi connectivity index (χ4v) is 1.43. The van der Waals surface area contributed by atoms with Crippen LogP contribution in [0.3, 0.4) is 0 Å². The van der Waals surface area contributed by atoms with Gasteiger partial charge in [-0.15, -0.1) is 0 Å². The van der Waals surface area contributed by atoms with Gasteiger partial charge in [0.2, 0.25) is 0 Å². The molecule has 2 rings (SSSR count). The molecule has 1 aliphatic heterocycles. The molecule has 1 fully saturated rings. The second kappa shape index (κ2) is 3.07. The molecular weight excluding hydrogens is 138 g/mol. The van der Waals surface area contributed by atoms with Crippen molar-refractivity contribution in [2.45, 2.75) is 6.04 Å². The van der Waals surface area contributed by atoms with Crippen LogP contribution in [0.15, 0.2) is 18.3 Å². The summed E-state index contributed by atoms with van der Waals surface area (Å²) in [6, 6.07) is 4.62. The number of hydrogen-bond donors (Lipinski definition) is 3. The van der Waals surface area contributed by atoms with Crippen LogP contribution in [0, 0.1) is 0 Å². The minimum absolute atomic E-state index is 0.471. The topological polar surface area (TPSA) is 39.9 Å². The highest BCUT2D eigenvalue weighted by Crippen LogP contribution is 2.09. The normalized spacial score (nSPS) is 25.3. The highest BCUT2D eigenvalue weighted by atomic mass is 15.1. The van der Waals surface area contributed by atoms with Crippen LogP contribution in [0.4, 0.5) is 0 Å². The molecule has 1 saturated heterocycles. The van der Waals surface area contributed by atoms with Crippen molar-refractivity contribution in [1.82, 2.24) is 15.6 Å². The number of rotatable bonds is 1. The minimum atomic E-state index is 0.471. The molecule has 0 amide bonds. The van der Waals surface area contributed by atoms with E-state index in [1.165, 1.54) is 5.69 Å². The number of piperazine rings is 1. The third-order valence-electron chi connectivity index (χ3n) is 2.04. The first-order valence-corrected chi connectivity index (χ1v) is 4.04. The molecule has 60 valence electrons. The number of H-pyrrole nitrogens is 1. The Labute approximate surface area is 66.2 Å². The van der Waals surface area contributed by atoms with Gasteiger partial charge in [-0.1, -0.05) is 0 Å². The van der Waals surface area contributed by atoms with Gasteiger partial charge >= 0.3 is 0 Å². The molecule has 1 aliphatic rings. The molecular formula is C8H13N3. The second-order valence-corrected chi connectivity index (χ2v) is 2.84. The third-order valence-corrected chi connectivity index (χ3v) is 2.04. The molecule has 1 atom stereocenters. The molecule has 1 aromatic heterocycles. The van der Waals surface area contributed by atoms with E-state index in [0.29, 0.717) is 6.04 Å². The first-order chi connectivity index (χ1) is 5.47. The Morgan fingerprint density at radius 3 is 3.00 bits per heavy atom. The van der Waals surface area contributed by atoms with Crippen LogP contribution in [0.5, 0.6) is 0 Å². The molecule has 2 heterocycles. The largest absolute Gasteiger partial charge is 0.364 e. The van der Waals surface area contributed by atoms with Crippen molar-refractivity contribution in [2.24, 2.45) is 0 Å². The summed E-state index contributed by atoms with van der Waals surface area (Å²) < 4.78 is 0. The van der Waals surface area contributed by atoms with Gasteiger partial charge in [0, 0.05) is 31.5 Å². The molecule has 11 heavy (non-hydrogen) atoms. The van der Waals surface area contributed by atoms with Crippen LogP contribution >= 0.6 is 0 Å². The highest BCUT2D eigenvalue weighted by Gasteiger charge is 2.13. The number of hydrogen-bond acceptors (Lipinski definition) is 2. The van der Waals surface area contributed by atoms with Crippen molar-refractivity contribution < 1.29 is 0 Å². The van der Waals surface area contributed by atoms with E-state index in [9.17, 15) is 0 Å². The first kappa shape index (κ1) is 6.88.